The van der Waals surface area contributed by atoms with Crippen molar-refractivity contribution in [1.82, 2.24) is 9.78 Å². The fourth-order valence-electron chi connectivity index (χ4n) is 2.62. The Labute approximate surface area is 151 Å². The molecular weight excluding hydrogens is 369 g/mol. The molecule has 0 bridgehead atoms. The Morgan fingerprint density at radius 3 is 2.31 bits per heavy atom. The lowest BCUT2D eigenvalue weighted by atomic mass is 10.0. The smallest absolute Gasteiger partial charge is 0.406 e. The van der Waals surface area contributed by atoms with E-state index in [0.717, 1.165) is 0 Å². The van der Waals surface area contributed by atoms with Gasteiger partial charge in [-0.25, -0.2) is 4.68 Å². The standard InChI is InChI=1S/C18H14ClF3N2O2/c19-10-3-11-24-17(25)15-5-2-1-4-14(15)16(23-24)12-6-8-13(9-7-12)26-18(20,21)22/h1-2,4-9H,3,10-11H2. The Kier molecular flexibility index (Phi) is 5.18. The number of hydrogen-bond acceptors (Lipinski definition) is 3. The predicted octanol–water partition coefficient (Wildman–Crippen LogP) is 4.59. The predicted molar refractivity (Wildman–Crippen MR) is 93.5 cm³/mol. The Hall–Kier alpha value is -2.54. The summed E-state index contributed by atoms with van der Waals surface area (Å²) in [5, 5.41) is 5.51. The van der Waals surface area contributed by atoms with Gasteiger partial charge in [-0.05, 0) is 36.8 Å². The van der Waals surface area contributed by atoms with E-state index in [0.29, 0.717) is 40.9 Å². The van der Waals surface area contributed by atoms with Crippen LogP contribution in [-0.4, -0.2) is 22.0 Å². The van der Waals surface area contributed by atoms with Crippen LogP contribution in [-0.2, 0) is 6.54 Å². The highest BCUT2D eigenvalue weighted by atomic mass is 35.5. The van der Waals surface area contributed by atoms with Crippen molar-refractivity contribution in [2.45, 2.75) is 19.3 Å². The molecule has 136 valence electrons. The molecule has 26 heavy (non-hydrogen) atoms. The molecule has 0 aliphatic rings. The minimum absolute atomic E-state index is 0.230. The van der Waals surface area contributed by atoms with E-state index in [1.54, 1.807) is 24.3 Å². The van der Waals surface area contributed by atoms with E-state index >= 15 is 0 Å². The maximum Gasteiger partial charge on any atom is 0.573 e. The lowest BCUT2D eigenvalue weighted by Crippen LogP contribution is -2.24. The van der Waals surface area contributed by atoms with Gasteiger partial charge in [0.1, 0.15) is 5.75 Å². The fraction of sp³-hybridized carbons (Fsp3) is 0.222. The van der Waals surface area contributed by atoms with E-state index in [1.165, 1.54) is 28.9 Å². The van der Waals surface area contributed by atoms with Crippen molar-refractivity contribution in [1.29, 1.82) is 0 Å². The van der Waals surface area contributed by atoms with Crippen molar-refractivity contribution in [2.24, 2.45) is 0 Å². The van der Waals surface area contributed by atoms with Crippen LogP contribution >= 0.6 is 11.6 Å². The number of aryl methyl sites for hydroxylation is 1. The molecule has 0 fully saturated rings. The SMILES string of the molecule is O=c1c2ccccc2c(-c2ccc(OC(F)(F)F)cc2)nn1CCCCl. The van der Waals surface area contributed by atoms with E-state index < -0.39 is 6.36 Å². The van der Waals surface area contributed by atoms with E-state index in [9.17, 15) is 18.0 Å². The first kappa shape index (κ1) is 18.3. The van der Waals surface area contributed by atoms with Crippen LogP contribution in [0.4, 0.5) is 13.2 Å². The molecule has 0 saturated carbocycles. The van der Waals surface area contributed by atoms with Crippen LogP contribution in [0.25, 0.3) is 22.0 Å². The van der Waals surface area contributed by atoms with Crippen molar-refractivity contribution >= 4 is 22.4 Å². The number of benzene rings is 2. The molecule has 1 heterocycles. The summed E-state index contributed by atoms with van der Waals surface area (Å²) in [5.74, 6) is 0.0701. The first-order chi connectivity index (χ1) is 12.4. The molecule has 0 aliphatic heterocycles. The van der Waals surface area contributed by atoms with Gasteiger partial charge in [0.05, 0.1) is 11.1 Å². The van der Waals surface area contributed by atoms with Crippen molar-refractivity contribution in [3.8, 4) is 17.0 Å². The lowest BCUT2D eigenvalue weighted by molar-refractivity contribution is -0.274. The average Bonchev–Trinajstić information content (AvgIpc) is 2.61. The zero-order valence-electron chi connectivity index (χ0n) is 13.5. The third kappa shape index (κ3) is 3.99. The summed E-state index contributed by atoms with van der Waals surface area (Å²) in [5.41, 5.74) is 0.857. The summed E-state index contributed by atoms with van der Waals surface area (Å²) >= 11 is 5.70. The van der Waals surface area contributed by atoms with Crippen molar-refractivity contribution in [3.05, 3.63) is 58.9 Å². The maximum absolute atomic E-state index is 12.5. The summed E-state index contributed by atoms with van der Waals surface area (Å²) in [6.45, 7) is 0.357. The molecule has 8 heteroatoms. The molecule has 4 nitrogen and oxygen atoms in total. The summed E-state index contributed by atoms with van der Waals surface area (Å²) in [6.07, 6.45) is -4.17. The van der Waals surface area contributed by atoms with E-state index in [2.05, 4.69) is 9.84 Å². The average molecular weight is 383 g/mol. The van der Waals surface area contributed by atoms with Crippen LogP contribution in [0, 0.1) is 0 Å². The number of alkyl halides is 4. The zero-order chi connectivity index (χ0) is 18.7. The number of aromatic nitrogens is 2. The van der Waals surface area contributed by atoms with Crippen LogP contribution in [0.2, 0.25) is 0 Å². The molecule has 2 aromatic carbocycles. The molecule has 0 spiro atoms. The monoisotopic (exact) mass is 382 g/mol. The van der Waals surface area contributed by atoms with Gasteiger partial charge in [-0.2, -0.15) is 5.10 Å². The van der Waals surface area contributed by atoms with Gasteiger partial charge in [0.25, 0.3) is 5.56 Å². The maximum atomic E-state index is 12.5. The summed E-state index contributed by atoms with van der Waals surface area (Å²) < 4.78 is 42.1. The Morgan fingerprint density at radius 1 is 1.04 bits per heavy atom. The van der Waals surface area contributed by atoms with Gasteiger partial charge < -0.3 is 4.74 Å². The highest BCUT2D eigenvalue weighted by molar-refractivity contribution is 6.17. The number of nitrogens with zero attached hydrogens (tertiary/aromatic N) is 2. The van der Waals surface area contributed by atoms with E-state index in [4.69, 9.17) is 11.6 Å². The molecule has 0 unspecified atom stereocenters. The minimum Gasteiger partial charge on any atom is -0.406 e. The van der Waals surface area contributed by atoms with Crippen molar-refractivity contribution in [3.63, 3.8) is 0 Å². The number of ether oxygens (including phenoxy) is 1. The third-order valence-corrected chi connectivity index (χ3v) is 4.00. The van der Waals surface area contributed by atoms with Crippen LogP contribution < -0.4 is 10.3 Å². The van der Waals surface area contributed by atoms with E-state index in [1.807, 2.05) is 0 Å². The van der Waals surface area contributed by atoms with Gasteiger partial charge in [-0.15, -0.1) is 24.8 Å². The molecule has 0 N–H and O–H groups in total. The minimum atomic E-state index is -4.75. The quantitative estimate of drug-likeness (QED) is 0.606. The molecule has 0 atom stereocenters. The number of hydrogen-bond donors (Lipinski definition) is 0. The second kappa shape index (κ2) is 7.37. The number of fused-ring (bicyclic) bond motifs is 1. The Balaban J connectivity index is 2.09. The Bertz CT molecular complexity index is 969. The second-order valence-electron chi connectivity index (χ2n) is 5.54. The highest BCUT2D eigenvalue weighted by Crippen LogP contribution is 2.28. The van der Waals surface area contributed by atoms with Crippen LogP contribution in [0.1, 0.15) is 6.42 Å². The summed E-state index contributed by atoms with van der Waals surface area (Å²) in [6, 6.07) is 12.4. The molecule has 3 rings (SSSR count). The van der Waals surface area contributed by atoms with Gasteiger partial charge in [-0.3, -0.25) is 4.79 Å². The number of halogens is 4. The molecule has 0 aliphatic carbocycles. The van der Waals surface area contributed by atoms with Gasteiger partial charge in [0.2, 0.25) is 0 Å². The van der Waals surface area contributed by atoms with Crippen LogP contribution in [0.15, 0.2) is 53.3 Å². The third-order valence-electron chi connectivity index (χ3n) is 3.73. The van der Waals surface area contributed by atoms with Crippen molar-refractivity contribution < 1.29 is 17.9 Å². The first-order valence-corrected chi connectivity index (χ1v) is 8.34. The van der Waals surface area contributed by atoms with Crippen LogP contribution in [0.3, 0.4) is 0 Å². The summed E-state index contributed by atoms with van der Waals surface area (Å²) in [7, 11) is 0. The van der Waals surface area contributed by atoms with E-state index in [-0.39, 0.29) is 11.3 Å². The highest BCUT2D eigenvalue weighted by Gasteiger charge is 2.31. The second-order valence-corrected chi connectivity index (χ2v) is 5.92. The van der Waals surface area contributed by atoms with Gasteiger partial charge in [0.15, 0.2) is 0 Å². The zero-order valence-corrected chi connectivity index (χ0v) is 14.2. The van der Waals surface area contributed by atoms with Crippen LogP contribution in [0.5, 0.6) is 5.75 Å². The molecule has 1 aromatic heterocycles. The van der Waals surface area contributed by atoms with Gasteiger partial charge >= 0.3 is 6.36 Å². The largest absolute Gasteiger partial charge is 0.573 e. The first-order valence-electron chi connectivity index (χ1n) is 7.81. The molecule has 0 amide bonds. The fourth-order valence-corrected chi connectivity index (χ4v) is 2.74. The molecule has 0 radical (unpaired) electrons. The molecule has 0 saturated heterocycles. The Morgan fingerprint density at radius 2 is 1.69 bits per heavy atom. The van der Waals surface area contributed by atoms with Gasteiger partial charge in [-0.1, -0.05) is 18.2 Å². The topological polar surface area (TPSA) is 44.1 Å². The van der Waals surface area contributed by atoms with Gasteiger partial charge in [0, 0.05) is 23.4 Å². The summed E-state index contributed by atoms with van der Waals surface area (Å²) in [4.78, 5) is 12.5. The van der Waals surface area contributed by atoms with Crippen molar-refractivity contribution in [2.75, 3.05) is 5.88 Å². The lowest BCUT2D eigenvalue weighted by Gasteiger charge is -2.12. The molecular formula is C18H14ClF3N2O2. The molecule has 3 aromatic rings. The number of rotatable bonds is 5. The normalized spacial score (nSPS) is 11.7.